The van der Waals surface area contributed by atoms with Gasteiger partial charge >= 0.3 is 0 Å². The zero-order chi connectivity index (χ0) is 9.23. The highest BCUT2D eigenvalue weighted by Crippen LogP contribution is 1.92. The molecule has 3 nitrogen and oxygen atoms in total. The van der Waals surface area contributed by atoms with Crippen LogP contribution in [0.4, 0.5) is 0 Å². The molecule has 0 radical (unpaired) electrons. The third kappa shape index (κ3) is 6.17. The smallest absolute Gasteiger partial charge is 0.222 e. The van der Waals surface area contributed by atoms with Gasteiger partial charge in [0.05, 0.1) is 6.61 Å². The van der Waals surface area contributed by atoms with Gasteiger partial charge in [-0.2, -0.15) is 0 Å². The molecule has 0 saturated heterocycles. The van der Waals surface area contributed by atoms with E-state index in [0.29, 0.717) is 19.6 Å². The lowest BCUT2D eigenvalue weighted by Gasteiger charge is -2.09. The molecular formula is C9H16O3. The molecule has 12 heavy (non-hydrogen) atoms. The zero-order valence-electron chi connectivity index (χ0n) is 7.67. The van der Waals surface area contributed by atoms with Crippen molar-refractivity contribution in [1.29, 1.82) is 0 Å². The van der Waals surface area contributed by atoms with Crippen molar-refractivity contribution in [2.75, 3.05) is 19.8 Å². The molecule has 0 atom stereocenters. The standard InChI is InChI=1S/C9H16O3/c1-3-11-9(12-4-2)7-5-6-8-10/h9-10H,3-4,6,8H2,1-2H3. The maximum atomic E-state index is 8.45. The van der Waals surface area contributed by atoms with Gasteiger partial charge in [-0.15, -0.1) is 0 Å². The summed E-state index contributed by atoms with van der Waals surface area (Å²) < 4.78 is 10.3. The van der Waals surface area contributed by atoms with Crippen molar-refractivity contribution in [3.8, 4) is 11.8 Å². The second-order valence-corrected chi connectivity index (χ2v) is 2.04. The van der Waals surface area contributed by atoms with Gasteiger partial charge in [-0.1, -0.05) is 5.92 Å². The summed E-state index contributed by atoms with van der Waals surface area (Å²) in [6.07, 6.45) is 0.0305. The molecule has 0 amide bonds. The molecule has 0 aromatic heterocycles. The Balaban J connectivity index is 3.70. The van der Waals surface area contributed by atoms with Crippen LogP contribution in [-0.2, 0) is 9.47 Å². The summed E-state index contributed by atoms with van der Waals surface area (Å²) >= 11 is 0. The highest BCUT2D eigenvalue weighted by Gasteiger charge is 2.00. The van der Waals surface area contributed by atoms with Gasteiger partial charge in [0, 0.05) is 19.6 Å². The van der Waals surface area contributed by atoms with E-state index in [1.807, 2.05) is 13.8 Å². The molecule has 0 aliphatic heterocycles. The summed E-state index contributed by atoms with van der Waals surface area (Å²) in [5.41, 5.74) is 0. The molecule has 0 heterocycles. The zero-order valence-corrected chi connectivity index (χ0v) is 7.67. The lowest BCUT2D eigenvalue weighted by atomic mass is 10.4. The van der Waals surface area contributed by atoms with Gasteiger partial charge in [-0.25, -0.2) is 0 Å². The molecule has 70 valence electrons. The van der Waals surface area contributed by atoms with Gasteiger partial charge in [0.2, 0.25) is 6.29 Å². The number of hydrogen-bond donors (Lipinski definition) is 1. The van der Waals surface area contributed by atoms with Crippen LogP contribution in [0, 0.1) is 11.8 Å². The minimum absolute atomic E-state index is 0.0813. The molecular weight excluding hydrogens is 156 g/mol. The first kappa shape index (κ1) is 11.4. The quantitative estimate of drug-likeness (QED) is 0.492. The topological polar surface area (TPSA) is 38.7 Å². The first-order valence-corrected chi connectivity index (χ1v) is 4.17. The number of aliphatic hydroxyl groups excluding tert-OH is 1. The second kappa shape index (κ2) is 8.54. The Morgan fingerprint density at radius 3 is 2.25 bits per heavy atom. The molecule has 0 aliphatic carbocycles. The Morgan fingerprint density at radius 1 is 1.25 bits per heavy atom. The van der Waals surface area contributed by atoms with Gasteiger partial charge in [-0.3, -0.25) is 0 Å². The summed E-state index contributed by atoms with van der Waals surface area (Å²) in [5.74, 6) is 5.52. The first-order valence-electron chi connectivity index (χ1n) is 4.17. The molecule has 0 saturated carbocycles. The monoisotopic (exact) mass is 172 g/mol. The number of ether oxygens (including phenoxy) is 2. The molecule has 1 N–H and O–H groups in total. The summed E-state index contributed by atoms with van der Waals surface area (Å²) in [6, 6.07) is 0. The highest BCUT2D eigenvalue weighted by atomic mass is 16.7. The second-order valence-electron chi connectivity index (χ2n) is 2.04. The fourth-order valence-electron chi connectivity index (χ4n) is 0.646. The van der Waals surface area contributed by atoms with E-state index in [0.717, 1.165) is 0 Å². The van der Waals surface area contributed by atoms with Crippen molar-refractivity contribution in [2.24, 2.45) is 0 Å². The van der Waals surface area contributed by atoms with E-state index in [1.165, 1.54) is 0 Å². The fourth-order valence-corrected chi connectivity index (χ4v) is 0.646. The molecule has 0 aromatic rings. The lowest BCUT2D eigenvalue weighted by Crippen LogP contribution is -2.14. The average Bonchev–Trinajstić information content (AvgIpc) is 2.06. The number of hydrogen-bond acceptors (Lipinski definition) is 3. The van der Waals surface area contributed by atoms with Crippen LogP contribution in [0.5, 0.6) is 0 Å². The van der Waals surface area contributed by atoms with Crippen LogP contribution in [-0.4, -0.2) is 31.2 Å². The minimum Gasteiger partial charge on any atom is -0.395 e. The van der Waals surface area contributed by atoms with Crippen LogP contribution in [0.15, 0.2) is 0 Å². The molecule has 0 fully saturated rings. The molecule has 0 aromatic carbocycles. The van der Waals surface area contributed by atoms with E-state index in [1.54, 1.807) is 0 Å². The Kier molecular flexibility index (Phi) is 8.14. The van der Waals surface area contributed by atoms with Gasteiger partial charge in [0.1, 0.15) is 0 Å². The van der Waals surface area contributed by atoms with Crippen molar-refractivity contribution >= 4 is 0 Å². The SMILES string of the molecule is CCOC(C#CCCO)OCC. The van der Waals surface area contributed by atoms with Crippen molar-refractivity contribution in [3.63, 3.8) is 0 Å². The normalized spacial score (nSPS) is 9.67. The molecule has 0 bridgehead atoms. The predicted octanol–water partition coefficient (Wildman–Crippen LogP) is 0.771. The van der Waals surface area contributed by atoms with Gasteiger partial charge in [0.15, 0.2) is 0 Å². The van der Waals surface area contributed by atoms with Gasteiger partial charge in [0.25, 0.3) is 0 Å². The number of rotatable bonds is 5. The van der Waals surface area contributed by atoms with Crippen LogP contribution in [0.25, 0.3) is 0 Å². The van der Waals surface area contributed by atoms with Crippen LogP contribution < -0.4 is 0 Å². The van der Waals surface area contributed by atoms with E-state index < -0.39 is 6.29 Å². The van der Waals surface area contributed by atoms with Crippen LogP contribution in [0.3, 0.4) is 0 Å². The largest absolute Gasteiger partial charge is 0.395 e. The van der Waals surface area contributed by atoms with E-state index in [9.17, 15) is 0 Å². The van der Waals surface area contributed by atoms with Crippen molar-refractivity contribution < 1.29 is 14.6 Å². The van der Waals surface area contributed by atoms with Crippen LogP contribution in [0.1, 0.15) is 20.3 Å². The Hall–Kier alpha value is -0.560. The minimum atomic E-state index is -0.438. The Bertz CT molecular complexity index is 140. The molecule has 0 unspecified atom stereocenters. The Morgan fingerprint density at radius 2 is 1.83 bits per heavy atom. The fraction of sp³-hybridized carbons (Fsp3) is 0.778. The molecule has 3 heteroatoms. The summed E-state index contributed by atoms with van der Waals surface area (Å²) in [5, 5.41) is 8.45. The van der Waals surface area contributed by atoms with Crippen molar-refractivity contribution in [3.05, 3.63) is 0 Å². The maximum absolute atomic E-state index is 8.45. The van der Waals surface area contributed by atoms with E-state index in [-0.39, 0.29) is 6.61 Å². The first-order chi connectivity index (χ1) is 5.85. The summed E-state index contributed by atoms with van der Waals surface area (Å²) in [7, 11) is 0. The summed E-state index contributed by atoms with van der Waals surface area (Å²) in [4.78, 5) is 0. The van der Waals surface area contributed by atoms with E-state index >= 15 is 0 Å². The molecule has 0 rings (SSSR count). The third-order valence-electron chi connectivity index (χ3n) is 1.09. The molecule has 0 spiro atoms. The maximum Gasteiger partial charge on any atom is 0.222 e. The van der Waals surface area contributed by atoms with Crippen LogP contribution in [0.2, 0.25) is 0 Å². The van der Waals surface area contributed by atoms with Crippen molar-refractivity contribution in [2.45, 2.75) is 26.6 Å². The lowest BCUT2D eigenvalue weighted by molar-refractivity contribution is -0.0970. The van der Waals surface area contributed by atoms with Crippen molar-refractivity contribution in [1.82, 2.24) is 0 Å². The van der Waals surface area contributed by atoms with Crippen LogP contribution >= 0.6 is 0 Å². The van der Waals surface area contributed by atoms with E-state index in [2.05, 4.69) is 11.8 Å². The Labute approximate surface area is 73.7 Å². The summed E-state index contributed by atoms with van der Waals surface area (Å²) in [6.45, 7) is 5.02. The highest BCUT2D eigenvalue weighted by molar-refractivity contribution is 5.01. The van der Waals surface area contributed by atoms with Gasteiger partial charge < -0.3 is 14.6 Å². The van der Waals surface area contributed by atoms with Gasteiger partial charge in [-0.05, 0) is 19.8 Å². The van der Waals surface area contributed by atoms with E-state index in [4.69, 9.17) is 14.6 Å². The predicted molar refractivity (Wildman–Crippen MR) is 46.5 cm³/mol. The average molecular weight is 172 g/mol. The third-order valence-corrected chi connectivity index (χ3v) is 1.09. The number of aliphatic hydroxyl groups is 1. The molecule has 0 aliphatic rings.